The van der Waals surface area contributed by atoms with E-state index in [1.54, 1.807) is 7.11 Å². The van der Waals surface area contributed by atoms with Crippen molar-refractivity contribution in [3.8, 4) is 5.75 Å². The monoisotopic (exact) mass is 247 g/mol. The number of rotatable bonds is 5. The molecule has 2 rings (SSSR count). The molecule has 1 unspecified atom stereocenters. The van der Waals surface area contributed by atoms with Gasteiger partial charge in [-0.05, 0) is 55.4 Å². The molecule has 100 valence electrons. The maximum absolute atomic E-state index is 5.36. The van der Waals surface area contributed by atoms with E-state index >= 15 is 0 Å². The summed E-state index contributed by atoms with van der Waals surface area (Å²) in [7, 11) is 1.74. The zero-order valence-electron chi connectivity index (χ0n) is 11.8. The minimum Gasteiger partial charge on any atom is -0.497 e. The fourth-order valence-corrected chi connectivity index (χ4v) is 2.89. The predicted octanol–water partition coefficient (Wildman–Crippen LogP) is 3.85. The van der Waals surface area contributed by atoms with Crippen molar-refractivity contribution < 1.29 is 4.74 Å². The fourth-order valence-electron chi connectivity index (χ4n) is 2.89. The van der Waals surface area contributed by atoms with Gasteiger partial charge in [-0.25, -0.2) is 0 Å². The van der Waals surface area contributed by atoms with E-state index in [2.05, 4.69) is 37.4 Å². The molecular weight excluding hydrogens is 222 g/mol. The molecule has 0 fully saturated rings. The van der Waals surface area contributed by atoms with Crippen LogP contribution in [0.2, 0.25) is 0 Å². The second-order valence-corrected chi connectivity index (χ2v) is 5.19. The minimum absolute atomic E-state index is 0.508. The van der Waals surface area contributed by atoms with Gasteiger partial charge in [-0.15, -0.1) is 0 Å². The zero-order valence-corrected chi connectivity index (χ0v) is 11.8. The minimum atomic E-state index is 0.508. The number of aryl methyl sites for hydroxylation is 1. The first kappa shape index (κ1) is 13.4. The zero-order chi connectivity index (χ0) is 13.0. The van der Waals surface area contributed by atoms with E-state index in [0.717, 1.165) is 5.75 Å². The molecule has 1 aromatic rings. The second kappa shape index (κ2) is 6.24. The van der Waals surface area contributed by atoms with E-state index in [-0.39, 0.29) is 0 Å². The average molecular weight is 247 g/mol. The first-order chi connectivity index (χ1) is 8.78. The Balaban J connectivity index is 2.20. The lowest BCUT2D eigenvalue weighted by molar-refractivity contribution is 0.375. The van der Waals surface area contributed by atoms with Gasteiger partial charge in [0.05, 0.1) is 7.11 Å². The van der Waals surface area contributed by atoms with Gasteiger partial charge < -0.3 is 10.1 Å². The van der Waals surface area contributed by atoms with E-state index in [1.165, 1.54) is 43.2 Å². The molecular formula is C16H25NO. The van der Waals surface area contributed by atoms with Gasteiger partial charge in [-0.2, -0.15) is 0 Å². The van der Waals surface area contributed by atoms with Crippen molar-refractivity contribution in [1.29, 1.82) is 0 Å². The van der Waals surface area contributed by atoms with Crippen LogP contribution in [-0.2, 0) is 6.42 Å². The van der Waals surface area contributed by atoms with Gasteiger partial charge in [0.25, 0.3) is 0 Å². The molecule has 0 bridgehead atoms. The van der Waals surface area contributed by atoms with Gasteiger partial charge in [0.2, 0.25) is 0 Å². The Morgan fingerprint density at radius 1 is 1.33 bits per heavy atom. The van der Waals surface area contributed by atoms with Crippen LogP contribution in [0.3, 0.4) is 0 Å². The number of nitrogens with one attached hydrogen (secondary N) is 1. The standard InChI is InChI=1S/C16H25NO/c1-4-13(5-2)17-16-8-6-7-12-9-10-14(18-3)11-15(12)16/h9-11,13,16-17H,4-8H2,1-3H3. The Labute approximate surface area is 111 Å². The van der Waals surface area contributed by atoms with Crippen LogP contribution in [0.15, 0.2) is 18.2 Å². The summed E-state index contributed by atoms with van der Waals surface area (Å²) < 4.78 is 5.36. The van der Waals surface area contributed by atoms with Crippen LogP contribution in [0, 0.1) is 0 Å². The summed E-state index contributed by atoms with van der Waals surface area (Å²) in [5.41, 5.74) is 2.94. The molecule has 18 heavy (non-hydrogen) atoms. The first-order valence-electron chi connectivity index (χ1n) is 7.21. The van der Waals surface area contributed by atoms with E-state index in [1.807, 2.05) is 0 Å². The third-order valence-corrected chi connectivity index (χ3v) is 4.09. The molecule has 0 spiro atoms. The van der Waals surface area contributed by atoms with Crippen molar-refractivity contribution in [2.45, 2.75) is 58.0 Å². The molecule has 1 aliphatic rings. The number of hydrogen-bond donors (Lipinski definition) is 1. The highest BCUT2D eigenvalue weighted by Gasteiger charge is 2.22. The highest BCUT2D eigenvalue weighted by atomic mass is 16.5. The Hall–Kier alpha value is -1.02. The van der Waals surface area contributed by atoms with Gasteiger partial charge in [-0.1, -0.05) is 19.9 Å². The lowest BCUT2D eigenvalue weighted by atomic mass is 9.87. The molecule has 0 heterocycles. The van der Waals surface area contributed by atoms with Crippen molar-refractivity contribution in [2.75, 3.05) is 7.11 Å². The number of hydrogen-bond acceptors (Lipinski definition) is 2. The van der Waals surface area contributed by atoms with Gasteiger partial charge in [0, 0.05) is 12.1 Å². The molecule has 0 radical (unpaired) electrons. The maximum Gasteiger partial charge on any atom is 0.119 e. The summed E-state index contributed by atoms with van der Waals surface area (Å²) in [6, 6.07) is 7.67. The second-order valence-electron chi connectivity index (χ2n) is 5.19. The Morgan fingerprint density at radius 2 is 2.11 bits per heavy atom. The first-order valence-corrected chi connectivity index (χ1v) is 7.21. The number of methoxy groups -OCH3 is 1. The lowest BCUT2D eigenvalue weighted by Crippen LogP contribution is -2.33. The molecule has 0 aliphatic heterocycles. The van der Waals surface area contributed by atoms with Crippen molar-refractivity contribution in [3.63, 3.8) is 0 Å². The Bertz CT molecular complexity index is 385. The molecule has 2 nitrogen and oxygen atoms in total. The molecule has 1 N–H and O–H groups in total. The average Bonchev–Trinajstić information content (AvgIpc) is 2.44. The molecule has 1 aliphatic carbocycles. The summed E-state index contributed by atoms with van der Waals surface area (Å²) in [5.74, 6) is 0.979. The third kappa shape index (κ3) is 2.86. The number of ether oxygens (including phenoxy) is 1. The normalized spacial score (nSPS) is 18.8. The molecule has 0 amide bonds. The van der Waals surface area contributed by atoms with Crippen LogP contribution in [0.4, 0.5) is 0 Å². The van der Waals surface area contributed by atoms with Crippen LogP contribution in [0.25, 0.3) is 0 Å². The highest BCUT2D eigenvalue weighted by molar-refractivity contribution is 5.39. The van der Waals surface area contributed by atoms with Crippen molar-refractivity contribution >= 4 is 0 Å². The molecule has 1 aromatic carbocycles. The van der Waals surface area contributed by atoms with E-state index in [4.69, 9.17) is 4.74 Å². The van der Waals surface area contributed by atoms with Gasteiger partial charge in [0.15, 0.2) is 0 Å². The largest absolute Gasteiger partial charge is 0.497 e. The van der Waals surface area contributed by atoms with Gasteiger partial charge >= 0.3 is 0 Å². The van der Waals surface area contributed by atoms with E-state index < -0.39 is 0 Å². The highest BCUT2D eigenvalue weighted by Crippen LogP contribution is 2.33. The molecule has 1 atom stereocenters. The summed E-state index contributed by atoms with van der Waals surface area (Å²) in [6.07, 6.45) is 6.15. The van der Waals surface area contributed by atoms with Gasteiger partial charge in [-0.3, -0.25) is 0 Å². The van der Waals surface area contributed by atoms with Crippen molar-refractivity contribution in [3.05, 3.63) is 29.3 Å². The quantitative estimate of drug-likeness (QED) is 0.853. The van der Waals surface area contributed by atoms with E-state index in [9.17, 15) is 0 Å². The summed E-state index contributed by atoms with van der Waals surface area (Å²) in [5, 5.41) is 3.81. The Morgan fingerprint density at radius 3 is 2.78 bits per heavy atom. The third-order valence-electron chi connectivity index (χ3n) is 4.09. The van der Waals surface area contributed by atoms with Gasteiger partial charge in [0.1, 0.15) is 5.75 Å². The van der Waals surface area contributed by atoms with Crippen molar-refractivity contribution in [1.82, 2.24) is 5.32 Å². The number of benzene rings is 1. The molecule has 0 aromatic heterocycles. The topological polar surface area (TPSA) is 21.3 Å². The smallest absolute Gasteiger partial charge is 0.119 e. The lowest BCUT2D eigenvalue weighted by Gasteiger charge is -2.30. The SMILES string of the molecule is CCC(CC)NC1CCCc2ccc(OC)cc21. The van der Waals surface area contributed by atoms with Crippen LogP contribution >= 0.6 is 0 Å². The van der Waals surface area contributed by atoms with Crippen LogP contribution in [0.5, 0.6) is 5.75 Å². The van der Waals surface area contributed by atoms with Crippen LogP contribution in [0.1, 0.15) is 56.7 Å². The molecule has 2 heteroatoms. The van der Waals surface area contributed by atoms with Crippen LogP contribution < -0.4 is 10.1 Å². The summed E-state index contributed by atoms with van der Waals surface area (Å²) >= 11 is 0. The number of fused-ring (bicyclic) bond motifs is 1. The predicted molar refractivity (Wildman–Crippen MR) is 76.2 cm³/mol. The van der Waals surface area contributed by atoms with E-state index in [0.29, 0.717) is 12.1 Å². The summed E-state index contributed by atoms with van der Waals surface area (Å²) in [4.78, 5) is 0. The van der Waals surface area contributed by atoms with Crippen LogP contribution in [-0.4, -0.2) is 13.2 Å². The summed E-state index contributed by atoms with van der Waals surface area (Å²) in [6.45, 7) is 4.52. The Kier molecular flexibility index (Phi) is 4.65. The maximum atomic E-state index is 5.36. The molecule has 0 saturated heterocycles. The molecule has 0 saturated carbocycles. The fraction of sp³-hybridized carbons (Fsp3) is 0.625. The van der Waals surface area contributed by atoms with Crippen molar-refractivity contribution in [2.24, 2.45) is 0 Å².